The zero-order valence-corrected chi connectivity index (χ0v) is 11.5. The Morgan fingerprint density at radius 1 is 1.39 bits per heavy atom. The van der Waals surface area contributed by atoms with E-state index in [4.69, 9.17) is 9.47 Å². The Morgan fingerprint density at radius 3 is 2.67 bits per heavy atom. The Balaban J connectivity index is 2.03. The summed E-state index contributed by atoms with van der Waals surface area (Å²) in [6.45, 7) is 7.18. The molecule has 1 saturated heterocycles. The minimum absolute atomic E-state index is 0.301. The van der Waals surface area contributed by atoms with Crippen molar-refractivity contribution in [3.8, 4) is 5.75 Å². The van der Waals surface area contributed by atoms with Gasteiger partial charge in [-0.2, -0.15) is 0 Å². The van der Waals surface area contributed by atoms with E-state index >= 15 is 0 Å². The van der Waals surface area contributed by atoms with Crippen LogP contribution in [0.4, 0.5) is 0 Å². The van der Waals surface area contributed by atoms with Crippen molar-refractivity contribution in [2.24, 2.45) is 5.41 Å². The van der Waals surface area contributed by atoms with Gasteiger partial charge >= 0.3 is 0 Å². The normalized spacial score (nSPS) is 19.1. The second-order valence-corrected chi connectivity index (χ2v) is 5.39. The summed E-state index contributed by atoms with van der Waals surface area (Å²) in [5.74, 6) is 0.965. The summed E-state index contributed by atoms with van der Waals surface area (Å²) >= 11 is 0. The van der Waals surface area contributed by atoms with Gasteiger partial charge in [0.05, 0.1) is 20.3 Å². The van der Waals surface area contributed by atoms with Crippen LogP contribution >= 0.6 is 0 Å². The predicted molar refractivity (Wildman–Crippen MR) is 73.0 cm³/mol. The molecule has 0 spiro atoms. The lowest BCUT2D eigenvalue weighted by molar-refractivity contribution is -0.100. The molecule has 0 amide bonds. The second-order valence-electron chi connectivity index (χ2n) is 5.39. The average molecular weight is 249 g/mol. The molecule has 3 heteroatoms. The lowest BCUT2D eigenvalue weighted by Gasteiger charge is -2.39. The van der Waals surface area contributed by atoms with Gasteiger partial charge in [0.2, 0.25) is 0 Å². The van der Waals surface area contributed by atoms with E-state index in [-0.39, 0.29) is 0 Å². The number of benzene rings is 1. The predicted octanol–water partition coefficient (Wildman–Crippen LogP) is 2.77. The largest absolute Gasteiger partial charge is 0.496 e. The van der Waals surface area contributed by atoms with E-state index in [0.29, 0.717) is 11.5 Å². The molecule has 1 unspecified atom stereocenters. The minimum Gasteiger partial charge on any atom is -0.496 e. The maximum Gasteiger partial charge on any atom is 0.123 e. The molecule has 1 aromatic rings. The molecule has 1 atom stereocenters. The SMILES string of the molecule is CCC(NCC1(C)COC1)c1ccccc1OC. The van der Waals surface area contributed by atoms with E-state index in [1.807, 2.05) is 12.1 Å². The van der Waals surface area contributed by atoms with Gasteiger partial charge in [0, 0.05) is 23.6 Å². The number of hydrogen-bond acceptors (Lipinski definition) is 3. The summed E-state index contributed by atoms with van der Waals surface area (Å²) in [7, 11) is 1.73. The van der Waals surface area contributed by atoms with Crippen LogP contribution in [-0.4, -0.2) is 26.9 Å². The molecule has 0 bridgehead atoms. The zero-order chi connectivity index (χ0) is 13.0. The van der Waals surface area contributed by atoms with Crippen molar-refractivity contribution >= 4 is 0 Å². The van der Waals surface area contributed by atoms with E-state index in [9.17, 15) is 0 Å². The van der Waals surface area contributed by atoms with Crippen molar-refractivity contribution in [1.82, 2.24) is 5.32 Å². The van der Waals surface area contributed by atoms with Crippen molar-refractivity contribution in [2.45, 2.75) is 26.3 Å². The second kappa shape index (κ2) is 5.72. The van der Waals surface area contributed by atoms with Crippen LogP contribution in [0, 0.1) is 5.41 Å². The van der Waals surface area contributed by atoms with E-state index in [1.165, 1.54) is 5.56 Å². The molecular weight excluding hydrogens is 226 g/mol. The van der Waals surface area contributed by atoms with Gasteiger partial charge in [-0.3, -0.25) is 0 Å². The first-order valence-electron chi connectivity index (χ1n) is 6.62. The maximum absolute atomic E-state index is 5.44. The number of ether oxygens (including phenoxy) is 2. The number of para-hydroxylation sites is 1. The summed E-state index contributed by atoms with van der Waals surface area (Å²) in [5.41, 5.74) is 1.54. The molecular formula is C15H23NO2. The summed E-state index contributed by atoms with van der Waals surface area (Å²) in [4.78, 5) is 0. The summed E-state index contributed by atoms with van der Waals surface area (Å²) in [6, 6.07) is 8.58. The fourth-order valence-corrected chi connectivity index (χ4v) is 2.35. The molecule has 1 aromatic carbocycles. The summed E-state index contributed by atoms with van der Waals surface area (Å²) in [5, 5.41) is 3.64. The highest BCUT2D eigenvalue weighted by molar-refractivity contribution is 5.35. The fraction of sp³-hybridized carbons (Fsp3) is 0.600. The smallest absolute Gasteiger partial charge is 0.123 e. The van der Waals surface area contributed by atoms with Crippen LogP contribution in [0.5, 0.6) is 5.75 Å². The molecule has 3 nitrogen and oxygen atoms in total. The van der Waals surface area contributed by atoms with E-state index in [0.717, 1.165) is 31.9 Å². The van der Waals surface area contributed by atoms with Crippen molar-refractivity contribution in [3.05, 3.63) is 29.8 Å². The third-order valence-corrected chi connectivity index (χ3v) is 3.60. The van der Waals surface area contributed by atoms with Gasteiger partial charge in [-0.15, -0.1) is 0 Å². The monoisotopic (exact) mass is 249 g/mol. The molecule has 0 radical (unpaired) electrons. The van der Waals surface area contributed by atoms with Crippen molar-refractivity contribution in [1.29, 1.82) is 0 Å². The highest BCUT2D eigenvalue weighted by atomic mass is 16.5. The Kier molecular flexibility index (Phi) is 4.25. The molecule has 0 aromatic heterocycles. The van der Waals surface area contributed by atoms with Crippen molar-refractivity contribution < 1.29 is 9.47 Å². The van der Waals surface area contributed by atoms with Gasteiger partial charge in [-0.05, 0) is 12.5 Å². The average Bonchev–Trinajstić information content (AvgIpc) is 2.38. The number of hydrogen-bond donors (Lipinski definition) is 1. The van der Waals surface area contributed by atoms with Crippen molar-refractivity contribution in [2.75, 3.05) is 26.9 Å². The van der Waals surface area contributed by atoms with Gasteiger partial charge in [-0.1, -0.05) is 32.0 Å². The first-order chi connectivity index (χ1) is 8.68. The molecule has 1 N–H and O–H groups in total. The number of nitrogens with one attached hydrogen (secondary N) is 1. The Morgan fingerprint density at radius 2 is 2.11 bits per heavy atom. The molecule has 0 aliphatic carbocycles. The van der Waals surface area contributed by atoms with Gasteiger partial charge in [0.25, 0.3) is 0 Å². The molecule has 1 heterocycles. The third-order valence-electron chi connectivity index (χ3n) is 3.60. The van der Waals surface area contributed by atoms with Gasteiger partial charge in [0.15, 0.2) is 0 Å². The minimum atomic E-state index is 0.301. The van der Waals surface area contributed by atoms with Crippen molar-refractivity contribution in [3.63, 3.8) is 0 Å². The lowest BCUT2D eigenvalue weighted by atomic mass is 9.88. The molecule has 1 aliphatic heterocycles. The molecule has 2 rings (SSSR count). The number of rotatable bonds is 6. The molecule has 1 fully saturated rings. The quantitative estimate of drug-likeness (QED) is 0.841. The van der Waals surface area contributed by atoms with Crippen LogP contribution in [-0.2, 0) is 4.74 Å². The molecule has 100 valence electrons. The maximum atomic E-state index is 5.44. The Labute approximate surface area is 109 Å². The molecule has 0 saturated carbocycles. The number of methoxy groups -OCH3 is 1. The molecule has 18 heavy (non-hydrogen) atoms. The first-order valence-corrected chi connectivity index (χ1v) is 6.62. The van der Waals surface area contributed by atoms with Crippen LogP contribution in [0.15, 0.2) is 24.3 Å². The Hall–Kier alpha value is -1.06. The van der Waals surface area contributed by atoms with E-state index in [2.05, 4.69) is 31.3 Å². The van der Waals surface area contributed by atoms with Crippen LogP contribution in [0.25, 0.3) is 0 Å². The molecule has 1 aliphatic rings. The fourth-order valence-electron chi connectivity index (χ4n) is 2.35. The van der Waals surface area contributed by atoms with Crippen LogP contribution in [0.2, 0.25) is 0 Å². The van der Waals surface area contributed by atoms with Gasteiger partial charge in [-0.25, -0.2) is 0 Å². The lowest BCUT2D eigenvalue weighted by Crippen LogP contribution is -2.48. The topological polar surface area (TPSA) is 30.5 Å². The standard InChI is InChI=1S/C15H23NO2/c1-4-13(16-9-15(2)10-18-11-15)12-7-5-6-8-14(12)17-3/h5-8,13,16H,4,9-11H2,1-3H3. The Bertz CT molecular complexity index is 388. The van der Waals surface area contributed by atoms with Crippen LogP contribution < -0.4 is 10.1 Å². The first kappa shape index (κ1) is 13.4. The van der Waals surface area contributed by atoms with E-state index < -0.39 is 0 Å². The van der Waals surface area contributed by atoms with Gasteiger partial charge in [0.1, 0.15) is 5.75 Å². The highest BCUT2D eigenvalue weighted by Gasteiger charge is 2.33. The summed E-state index contributed by atoms with van der Waals surface area (Å²) in [6.07, 6.45) is 1.05. The van der Waals surface area contributed by atoms with Crippen LogP contribution in [0.3, 0.4) is 0 Å². The zero-order valence-electron chi connectivity index (χ0n) is 11.5. The van der Waals surface area contributed by atoms with Crippen LogP contribution in [0.1, 0.15) is 31.9 Å². The van der Waals surface area contributed by atoms with Gasteiger partial charge < -0.3 is 14.8 Å². The van der Waals surface area contributed by atoms with E-state index in [1.54, 1.807) is 7.11 Å². The summed E-state index contributed by atoms with van der Waals surface area (Å²) < 4.78 is 10.7. The third kappa shape index (κ3) is 2.85. The highest BCUT2D eigenvalue weighted by Crippen LogP contribution is 2.30.